The van der Waals surface area contributed by atoms with E-state index in [0.29, 0.717) is 6.54 Å². The Kier molecular flexibility index (Phi) is 4.82. The van der Waals surface area contributed by atoms with Gasteiger partial charge in [-0.25, -0.2) is 0 Å². The summed E-state index contributed by atoms with van der Waals surface area (Å²) in [6.07, 6.45) is 5.45. The Morgan fingerprint density at radius 2 is 1.85 bits per heavy atom. The van der Waals surface area contributed by atoms with Crippen molar-refractivity contribution >= 4 is 5.91 Å². The van der Waals surface area contributed by atoms with Crippen molar-refractivity contribution in [2.45, 2.75) is 26.7 Å². The van der Waals surface area contributed by atoms with Gasteiger partial charge in [0.05, 0.1) is 11.4 Å². The second kappa shape index (κ2) is 6.80. The lowest BCUT2D eigenvalue weighted by Crippen LogP contribution is -2.21. The second-order valence-corrected chi connectivity index (χ2v) is 4.85. The van der Waals surface area contributed by atoms with Crippen LogP contribution in [0.5, 0.6) is 0 Å². The van der Waals surface area contributed by atoms with Gasteiger partial charge < -0.3 is 5.32 Å². The average Bonchev–Trinajstić information content (AvgIpc) is 2.44. The van der Waals surface area contributed by atoms with Gasteiger partial charge >= 0.3 is 0 Å². The third kappa shape index (κ3) is 4.16. The lowest BCUT2D eigenvalue weighted by molar-refractivity contribution is -0.118. The standard InChI is InChI=1S/C16H19N3O/c1-12-5-8-18-15(10-12)16-11-14(6-9-19-16)4-3-7-17-13(2)20/h5-6,8-11H,3-4,7H2,1-2H3,(H,17,20). The molecule has 0 aliphatic carbocycles. The van der Waals surface area contributed by atoms with Gasteiger partial charge in [0.1, 0.15) is 0 Å². The molecule has 4 nitrogen and oxygen atoms in total. The Morgan fingerprint density at radius 1 is 1.15 bits per heavy atom. The summed E-state index contributed by atoms with van der Waals surface area (Å²) in [4.78, 5) is 19.5. The molecule has 1 amide bonds. The molecule has 0 spiro atoms. The largest absolute Gasteiger partial charge is 0.356 e. The molecule has 0 fully saturated rings. The SMILES string of the molecule is CC(=O)NCCCc1ccnc(-c2cc(C)ccn2)c1. The monoisotopic (exact) mass is 269 g/mol. The third-order valence-corrected chi connectivity index (χ3v) is 3.02. The molecule has 0 atom stereocenters. The molecule has 0 saturated carbocycles. The third-order valence-electron chi connectivity index (χ3n) is 3.02. The summed E-state index contributed by atoms with van der Waals surface area (Å²) < 4.78 is 0. The normalized spacial score (nSPS) is 10.3. The number of carbonyl (C=O) groups excluding carboxylic acids is 1. The predicted molar refractivity (Wildman–Crippen MR) is 79.2 cm³/mol. The number of aromatic nitrogens is 2. The van der Waals surface area contributed by atoms with Gasteiger partial charge in [0.25, 0.3) is 0 Å². The molecule has 0 saturated heterocycles. The summed E-state index contributed by atoms with van der Waals surface area (Å²) in [7, 11) is 0. The zero-order valence-corrected chi connectivity index (χ0v) is 11.9. The van der Waals surface area contributed by atoms with E-state index in [2.05, 4.69) is 21.4 Å². The summed E-state index contributed by atoms with van der Waals surface area (Å²) in [6.45, 7) is 4.28. The molecule has 20 heavy (non-hydrogen) atoms. The number of nitrogens with zero attached hydrogens (tertiary/aromatic N) is 2. The van der Waals surface area contributed by atoms with Crippen molar-refractivity contribution in [3.63, 3.8) is 0 Å². The number of amides is 1. The van der Waals surface area contributed by atoms with Crippen molar-refractivity contribution in [2.24, 2.45) is 0 Å². The molecule has 0 aliphatic heterocycles. The van der Waals surface area contributed by atoms with Crippen LogP contribution in [0.2, 0.25) is 0 Å². The quantitative estimate of drug-likeness (QED) is 0.849. The van der Waals surface area contributed by atoms with Crippen LogP contribution in [0.15, 0.2) is 36.7 Å². The Balaban J connectivity index is 2.02. The van der Waals surface area contributed by atoms with Crippen LogP contribution >= 0.6 is 0 Å². The van der Waals surface area contributed by atoms with Crippen LogP contribution in [0.1, 0.15) is 24.5 Å². The second-order valence-electron chi connectivity index (χ2n) is 4.85. The fraction of sp³-hybridized carbons (Fsp3) is 0.312. The van der Waals surface area contributed by atoms with Crippen molar-refractivity contribution in [3.05, 3.63) is 47.8 Å². The Morgan fingerprint density at radius 3 is 2.55 bits per heavy atom. The molecular formula is C16H19N3O. The fourth-order valence-corrected chi connectivity index (χ4v) is 2.00. The molecule has 0 bridgehead atoms. The molecule has 0 aromatic carbocycles. The van der Waals surface area contributed by atoms with Gasteiger partial charge in [0.2, 0.25) is 5.91 Å². The number of hydrogen-bond donors (Lipinski definition) is 1. The van der Waals surface area contributed by atoms with Crippen LogP contribution in [0, 0.1) is 6.92 Å². The Hall–Kier alpha value is -2.23. The first-order valence-electron chi connectivity index (χ1n) is 6.77. The van der Waals surface area contributed by atoms with Gasteiger partial charge in [-0.05, 0) is 55.2 Å². The van der Waals surface area contributed by atoms with Crippen molar-refractivity contribution in [1.82, 2.24) is 15.3 Å². The summed E-state index contributed by atoms with van der Waals surface area (Å²) in [6, 6.07) is 8.08. The highest BCUT2D eigenvalue weighted by molar-refractivity contribution is 5.72. The van der Waals surface area contributed by atoms with E-state index in [-0.39, 0.29) is 5.91 Å². The molecule has 2 aromatic rings. The molecule has 2 heterocycles. The highest BCUT2D eigenvalue weighted by Gasteiger charge is 2.03. The molecular weight excluding hydrogens is 250 g/mol. The predicted octanol–water partition coefficient (Wildman–Crippen LogP) is 2.52. The average molecular weight is 269 g/mol. The van der Waals surface area contributed by atoms with Gasteiger partial charge in [-0.3, -0.25) is 14.8 Å². The van der Waals surface area contributed by atoms with Gasteiger partial charge in [0, 0.05) is 25.9 Å². The maximum absolute atomic E-state index is 10.8. The van der Waals surface area contributed by atoms with Gasteiger partial charge in [-0.15, -0.1) is 0 Å². The minimum atomic E-state index is 0.0179. The number of aryl methyl sites for hydroxylation is 2. The molecule has 1 N–H and O–H groups in total. The van der Waals surface area contributed by atoms with Crippen molar-refractivity contribution in [1.29, 1.82) is 0 Å². The Labute approximate surface area is 119 Å². The number of rotatable bonds is 5. The van der Waals surface area contributed by atoms with Crippen LogP contribution < -0.4 is 5.32 Å². The van der Waals surface area contributed by atoms with E-state index in [4.69, 9.17) is 0 Å². The van der Waals surface area contributed by atoms with Crippen LogP contribution in [0.25, 0.3) is 11.4 Å². The topological polar surface area (TPSA) is 54.9 Å². The summed E-state index contributed by atoms with van der Waals surface area (Å²) in [5, 5.41) is 2.80. The smallest absolute Gasteiger partial charge is 0.216 e. The first-order chi connectivity index (χ1) is 9.65. The maximum Gasteiger partial charge on any atom is 0.216 e. The maximum atomic E-state index is 10.8. The molecule has 2 rings (SSSR count). The fourth-order valence-electron chi connectivity index (χ4n) is 2.00. The zero-order chi connectivity index (χ0) is 14.4. The van der Waals surface area contributed by atoms with E-state index >= 15 is 0 Å². The van der Waals surface area contributed by atoms with E-state index in [9.17, 15) is 4.79 Å². The van der Waals surface area contributed by atoms with Crippen LogP contribution in [0.3, 0.4) is 0 Å². The molecule has 0 unspecified atom stereocenters. The van der Waals surface area contributed by atoms with Crippen LogP contribution in [-0.4, -0.2) is 22.4 Å². The Bertz CT molecular complexity index is 596. The minimum Gasteiger partial charge on any atom is -0.356 e. The summed E-state index contributed by atoms with van der Waals surface area (Å²) >= 11 is 0. The van der Waals surface area contributed by atoms with E-state index in [1.54, 1.807) is 6.20 Å². The van der Waals surface area contributed by atoms with Crippen LogP contribution in [0.4, 0.5) is 0 Å². The van der Waals surface area contributed by atoms with Crippen molar-refractivity contribution < 1.29 is 4.79 Å². The first kappa shape index (κ1) is 14.2. The molecule has 0 radical (unpaired) electrons. The van der Waals surface area contributed by atoms with Gasteiger partial charge in [0.15, 0.2) is 0 Å². The number of carbonyl (C=O) groups is 1. The van der Waals surface area contributed by atoms with E-state index in [0.717, 1.165) is 24.2 Å². The van der Waals surface area contributed by atoms with Crippen LogP contribution in [-0.2, 0) is 11.2 Å². The van der Waals surface area contributed by atoms with E-state index in [1.165, 1.54) is 18.1 Å². The summed E-state index contributed by atoms with van der Waals surface area (Å²) in [5.74, 6) is 0.0179. The lowest BCUT2D eigenvalue weighted by Gasteiger charge is -2.05. The van der Waals surface area contributed by atoms with E-state index < -0.39 is 0 Å². The first-order valence-corrected chi connectivity index (χ1v) is 6.77. The summed E-state index contributed by atoms with van der Waals surface area (Å²) in [5.41, 5.74) is 4.18. The minimum absolute atomic E-state index is 0.0179. The zero-order valence-electron chi connectivity index (χ0n) is 11.9. The molecule has 2 aromatic heterocycles. The van der Waals surface area contributed by atoms with Crippen molar-refractivity contribution in [2.75, 3.05) is 6.54 Å². The van der Waals surface area contributed by atoms with Gasteiger partial charge in [-0.1, -0.05) is 0 Å². The lowest BCUT2D eigenvalue weighted by atomic mass is 10.1. The molecule has 104 valence electrons. The number of pyridine rings is 2. The molecule has 4 heteroatoms. The number of hydrogen-bond acceptors (Lipinski definition) is 3. The molecule has 0 aliphatic rings. The number of nitrogens with one attached hydrogen (secondary N) is 1. The van der Waals surface area contributed by atoms with Gasteiger partial charge in [-0.2, -0.15) is 0 Å². The highest BCUT2D eigenvalue weighted by Crippen LogP contribution is 2.17. The van der Waals surface area contributed by atoms with E-state index in [1.807, 2.05) is 31.3 Å². The highest BCUT2D eigenvalue weighted by atomic mass is 16.1. The van der Waals surface area contributed by atoms with Crippen molar-refractivity contribution in [3.8, 4) is 11.4 Å².